The second-order valence-corrected chi connectivity index (χ2v) is 4.34. The maximum absolute atomic E-state index is 11.5. The third-order valence-corrected chi connectivity index (χ3v) is 2.77. The number of carboxylic acid groups (broad SMARTS) is 1. The second kappa shape index (κ2) is 6.83. The molecule has 0 aromatic heterocycles. The van der Waals surface area contributed by atoms with Gasteiger partial charge < -0.3 is 21.1 Å². The number of carbonyl (C=O) groups is 3. The van der Waals surface area contributed by atoms with Crippen LogP contribution in [-0.2, 0) is 9.59 Å². The van der Waals surface area contributed by atoms with E-state index in [1.807, 2.05) is 6.92 Å². The van der Waals surface area contributed by atoms with Crippen LogP contribution in [0, 0.1) is 0 Å². The predicted octanol–water partition coefficient (Wildman–Crippen LogP) is -0.182. The van der Waals surface area contributed by atoms with Crippen molar-refractivity contribution in [3.63, 3.8) is 0 Å². The molecule has 1 aliphatic rings. The molecule has 0 radical (unpaired) electrons. The van der Waals surface area contributed by atoms with E-state index in [0.717, 1.165) is 0 Å². The van der Waals surface area contributed by atoms with Gasteiger partial charge in [0.15, 0.2) is 0 Å². The van der Waals surface area contributed by atoms with Crippen LogP contribution in [0.15, 0.2) is 0 Å². The summed E-state index contributed by atoms with van der Waals surface area (Å²) in [6.07, 6.45) is 2.23. The number of hydrogen-bond donors (Lipinski definition) is 4. The number of rotatable bonds is 6. The topological polar surface area (TPSA) is 108 Å². The molecule has 102 valence electrons. The highest BCUT2D eigenvalue weighted by molar-refractivity contribution is 5.82. The summed E-state index contributed by atoms with van der Waals surface area (Å²) in [5.74, 6) is -1.06. The molecule has 4 N–H and O–H groups in total. The van der Waals surface area contributed by atoms with Gasteiger partial charge in [-0.1, -0.05) is 13.3 Å². The van der Waals surface area contributed by atoms with Gasteiger partial charge in [-0.05, 0) is 12.8 Å². The number of amides is 3. The van der Waals surface area contributed by atoms with Crippen molar-refractivity contribution in [2.45, 2.75) is 44.7 Å². The predicted molar refractivity (Wildman–Crippen MR) is 64.0 cm³/mol. The summed E-state index contributed by atoms with van der Waals surface area (Å²) in [6, 6.07) is -1.44. The summed E-state index contributed by atoms with van der Waals surface area (Å²) >= 11 is 0. The number of carbonyl (C=O) groups excluding carboxylic acids is 2. The van der Waals surface area contributed by atoms with Crippen molar-refractivity contribution in [1.29, 1.82) is 0 Å². The molecule has 1 aliphatic heterocycles. The molecule has 1 heterocycles. The maximum Gasteiger partial charge on any atom is 0.326 e. The Labute approximate surface area is 105 Å². The van der Waals surface area contributed by atoms with Gasteiger partial charge in [-0.25, -0.2) is 9.59 Å². The smallest absolute Gasteiger partial charge is 0.326 e. The fourth-order valence-corrected chi connectivity index (χ4v) is 1.80. The molecule has 7 nitrogen and oxygen atoms in total. The van der Waals surface area contributed by atoms with Crippen LogP contribution in [0.3, 0.4) is 0 Å². The molecule has 0 spiro atoms. The molecule has 1 fully saturated rings. The zero-order valence-electron chi connectivity index (χ0n) is 10.4. The first-order valence-corrected chi connectivity index (χ1v) is 6.09. The molecule has 0 bridgehead atoms. The molecule has 0 aromatic carbocycles. The van der Waals surface area contributed by atoms with Crippen LogP contribution in [0.25, 0.3) is 0 Å². The van der Waals surface area contributed by atoms with Crippen LogP contribution in [0.4, 0.5) is 4.79 Å². The highest BCUT2D eigenvalue weighted by Crippen LogP contribution is 2.04. The Morgan fingerprint density at radius 1 is 1.56 bits per heavy atom. The van der Waals surface area contributed by atoms with E-state index >= 15 is 0 Å². The number of carboxylic acids is 1. The fourth-order valence-electron chi connectivity index (χ4n) is 1.80. The highest BCUT2D eigenvalue weighted by Gasteiger charge is 2.22. The van der Waals surface area contributed by atoms with Crippen molar-refractivity contribution >= 4 is 17.9 Å². The zero-order chi connectivity index (χ0) is 13.5. The maximum atomic E-state index is 11.5. The molecule has 18 heavy (non-hydrogen) atoms. The minimum absolute atomic E-state index is 0.0170. The van der Waals surface area contributed by atoms with Crippen LogP contribution < -0.4 is 16.0 Å². The minimum atomic E-state index is -1.04. The first-order chi connectivity index (χ1) is 8.52. The van der Waals surface area contributed by atoms with E-state index in [-0.39, 0.29) is 11.9 Å². The van der Waals surface area contributed by atoms with Gasteiger partial charge in [0.1, 0.15) is 6.04 Å². The van der Waals surface area contributed by atoms with Gasteiger partial charge in [0, 0.05) is 19.0 Å². The van der Waals surface area contributed by atoms with Gasteiger partial charge in [-0.15, -0.1) is 0 Å². The normalized spacial score (nSPS) is 20.1. The molecule has 0 aromatic rings. The number of aliphatic carboxylic acids is 1. The molecule has 1 saturated heterocycles. The molecular formula is C11H19N3O4. The Hall–Kier alpha value is -1.79. The zero-order valence-corrected chi connectivity index (χ0v) is 10.4. The lowest BCUT2D eigenvalue weighted by Crippen LogP contribution is -2.48. The summed E-state index contributed by atoms with van der Waals surface area (Å²) in [5, 5.41) is 16.5. The Morgan fingerprint density at radius 2 is 2.28 bits per heavy atom. The number of urea groups is 1. The number of nitrogens with one attached hydrogen (secondary N) is 3. The second-order valence-electron chi connectivity index (χ2n) is 4.34. The van der Waals surface area contributed by atoms with Crippen molar-refractivity contribution < 1.29 is 19.5 Å². The van der Waals surface area contributed by atoms with E-state index in [2.05, 4.69) is 16.0 Å². The highest BCUT2D eigenvalue weighted by atomic mass is 16.4. The molecule has 0 saturated carbocycles. The summed E-state index contributed by atoms with van der Waals surface area (Å²) in [5.41, 5.74) is 0. The standard InChI is InChI=1S/C11H19N3O4/c1-2-3-8(10(16)17)14-11(18)12-6-7-4-5-9(15)13-7/h7-8H,2-6H2,1H3,(H,13,15)(H,16,17)(H2,12,14,18). The molecule has 2 atom stereocenters. The summed E-state index contributed by atoms with van der Waals surface area (Å²) < 4.78 is 0. The monoisotopic (exact) mass is 257 g/mol. The van der Waals surface area contributed by atoms with Gasteiger partial charge >= 0.3 is 12.0 Å². The average Bonchev–Trinajstić information content (AvgIpc) is 2.72. The SMILES string of the molecule is CCCC(NC(=O)NCC1CCC(=O)N1)C(=O)O. The van der Waals surface area contributed by atoms with Crippen molar-refractivity contribution in [2.24, 2.45) is 0 Å². The Kier molecular flexibility index (Phi) is 5.41. The van der Waals surface area contributed by atoms with Gasteiger partial charge in [0.05, 0.1) is 0 Å². The van der Waals surface area contributed by atoms with Gasteiger partial charge in [0.25, 0.3) is 0 Å². The third-order valence-electron chi connectivity index (χ3n) is 2.77. The van der Waals surface area contributed by atoms with E-state index < -0.39 is 18.0 Å². The van der Waals surface area contributed by atoms with E-state index in [4.69, 9.17) is 5.11 Å². The molecule has 3 amide bonds. The largest absolute Gasteiger partial charge is 0.480 e. The van der Waals surface area contributed by atoms with Crippen LogP contribution in [0.1, 0.15) is 32.6 Å². The van der Waals surface area contributed by atoms with Crippen molar-refractivity contribution in [3.8, 4) is 0 Å². The summed E-state index contributed by atoms with van der Waals surface area (Å²) in [4.78, 5) is 33.2. The quantitative estimate of drug-likeness (QED) is 0.529. The lowest BCUT2D eigenvalue weighted by atomic mass is 10.2. The molecule has 0 aliphatic carbocycles. The van der Waals surface area contributed by atoms with Gasteiger partial charge in [0.2, 0.25) is 5.91 Å². The summed E-state index contributed by atoms with van der Waals surface area (Å²) in [7, 11) is 0. The van der Waals surface area contributed by atoms with Crippen LogP contribution in [0.2, 0.25) is 0 Å². The van der Waals surface area contributed by atoms with Gasteiger partial charge in [-0.2, -0.15) is 0 Å². The van der Waals surface area contributed by atoms with E-state index in [9.17, 15) is 14.4 Å². The number of hydrogen-bond acceptors (Lipinski definition) is 3. The first-order valence-electron chi connectivity index (χ1n) is 6.09. The average molecular weight is 257 g/mol. The van der Waals surface area contributed by atoms with Crippen molar-refractivity contribution in [1.82, 2.24) is 16.0 Å². The molecular weight excluding hydrogens is 238 g/mol. The van der Waals surface area contributed by atoms with E-state index in [1.165, 1.54) is 0 Å². The van der Waals surface area contributed by atoms with Crippen molar-refractivity contribution in [2.75, 3.05) is 6.54 Å². The Bertz CT molecular complexity index is 332. The first kappa shape index (κ1) is 14.3. The van der Waals surface area contributed by atoms with Crippen LogP contribution in [0.5, 0.6) is 0 Å². The lowest BCUT2D eigenvalue weighted by Gasteiger charge is -2.16. The lowest BCUT2D eigenvalue weighted by molar-refractivity contribution is -0.139. The van der Waals surface area contributed by atoms with Gasteiger partial charge in [-0.3, -0.25) is 4.79 Å². The van der Waals surface area contributed by atoms with Crippen LogP contribution in [-0.4, -0.2) is 41.6 Å². The third kappa shape index (κ3) is 4.60. The van der Waals surface area contributed by atoms with Crippen molar-refractivity contribution in [3.05, 3.63) is 0 Å². The fraction of sp³-hybridized carbons (Fsp3) is 0.727. The summed E-state index contributed by atoms with van der Waals surface area (Å²) in [6.45, 7) is 2.17. The van der Waals surface area contributed by atoms with E-state index in [0.29, 0.717) is 32.2 Å². The Balaban J connectivity index is 2.27. The van der Waals surface area contributed by atoms with Crippen LogP contribution >= 0.6 is 0 Å². The molecule has 2 unspecified atom stereocenters. The Morgan fingerprint density at radius 3 is 2.78 bits per heavy atom. The molecule has 7 heteroatoms. The minimum Gasteiger partial charge on any atom is -0.480 e. The van der Waals surface area contributed by atoms with E-state index in [1.54, 1.807) is 0 Å². The molecule has 1 rings (SSSR count).